The van der Waals surface area contributed by atoms with Gasteiger partial charge < -0.3 is 14.2 Å². The van der Waals surface area contributed by atoms with Crippen molar-refractivity contribution in [3.05, 3.63) is 24.2 Å². The lowest BCUT2D eigenvalue weighted by molar-refractivity contribution is -0.149. The first-order valence-corrected chi connectivity index (χ1v) is 10.2. The fourth-order valence-electron chi connectivity index (χ4n) is 3.87. The number of nitrogens with zero attached hydrogens (tertiary/aromatic N) is 5. The van der Waals surface area contributed by atoms with Crippen LogP contribution in [0.2, 0.25) is 0 Å². The zero-order valence-corrected chi connectivity index (χ0v) is 16.3. The van der Waals surface area contributed by atoms with Gasteiger partial charge in [0.05, 0.1) is 19.1 Å². The molecule has 2 aliphatic heterocycles. The second-order valence-electron chi connectivity index (χ2n) is 7.41. The zero-order chi connectivity index (χ0) is 19.3. The lowest BCUT2D eigenvalue weighted by Crippen LogP contribution is -2.36. The van der Waals surface area contributed by atoms with Crippen LogP contribution >= 0.6 is 0 Å². The molecule has 2 saturated heterocycles. The molecule has 2 aliphatic rings. The first-order chi connectivity index (χ1) is 13.7. The third-order valence-electron chi connectivity index (χ3n) is 5.47. The number of rotatable bonds is 6. The highest BCUT2D eigenvalue weighted by Gasteiger charge is 2.27. The summed E-state index contributed by atoms with van der Waals surface area (Å²) in [5, 5.41) is 4.11. The number of hydrogen-bond donors (Lipinski definition) is 0. The van der Waals surface area contributed by atoms with E-state index in [1.165, 1.54) is 12.8 Å². The largest absolute Gasteiger partial charge is 0.466 e. The lowest BCUT2D eigenvalue weighted by Gasteiger charge is -2.29. The maximum atomic E-state index is 11.8. The number of carbonyl (C=O) groups excluding carboxylic acids is 1. The van der Waals surface area contributed by atoms with E-state index in [9.17, 15) is 4.79 Å². The number of likely N-dealkylation sites (tertiary alicyclic amines) is 1. The van der Waals surface area contributed by atoms with Crippen molar-refractivity contribution in [1.29, 1.82) is 0 Å². The highest BCUT2D eigenvalue weighted by Crippen LogP contribution is 2.23. The maximum Gasteiger partial charge on any atom is 0.309 e. The molecule has 2 fully saturated rings. The summed E-state index contributed by atoms with van der Waals surface area (Å²) in [6, 6.07) is 4.02. The van der Waals surface area contributed by atoms with Gasteiger partial charge in [-0.1, -0.05) is 5.16 Å². The third-order valence-corrected chi connectivity index (χ3v) is 5.47. The van der Waals surface area contributed by atoms with Gasteiger partial charge in [-0.2, -0.15) is 4.98 Å². The molecule has 0 bridgehead atoms. The van der Waals surface area contributed by atoms with Crippen LogP contribution in [0.3, 0.4) is 0 Å². The summed E-state index contributed by atoms with van der Waals surface area (Å²) in [5.74, 6) is 2.10. The molecular formula is C20H27N5O3. The molecule has 0 atom stereocenters. The van der Waals surface area contributed by atoms with Gasteiger partial charge in [-0.3, -0.25) is 9.69 Å². The number of esters is 1. The SMILES string of the molecule is CCOC(=O)C1CCN(Cc2nc(-c3ccc(N4CCCC4)nc3)no2)CC1. The van der Waals surface area contributed by atoms with E-state index < -0.39 is 0 Å². The topological polar surface area (TPSA) is 84.6 Å². The van der Waals surface area contributed by atoms with Crippen LogP contribution < -0.4 is 4.90 Å². The van der Waals surface area contributed by atoms with E-state index in [4.69, 9.17) is 9.26 Å². The molecule has 0 spiro atoms. The molecule has 8 nitrogen and oxygen atoms in total. The van der Waals surface area contributed by atoms with Gasteiger partial charge in [-0.25, -0.2) is 4.98 Å². The van der Waals surface area contributed by atoms with E-state index in [0.29, 0.717) is 24.9 Å². The van der Waals surface area contributed by atoms with Crippen LogP contribution in [-0.2, 0) is 16.1 Å². The molecule has 4 rings (SSSR count). The van der Waals surface area contributed by atoms with Gasteiger partial charge >= 0.3 is 5.97 Å². The Morgan fingerprint density at radius 2 is 2.00 bits per heavy atom. The Kier molecular flexibility index (Phi) is 5.85. The zero-order valence-electron chi connectivity index (χ0n) is 16.3. The summed E-state index contributed by atoms with van der Waals surface area (Å²) in [6.07, 6.45) is 5.89. The van der Waals surface area contributed by atoms with Gasteiger partial charge in [0.2, 0.25) is 11.7 Å². The molecule has 0 saturated carbocycles. The molecule has 0 aliphatic carbocycles. The number of hydrogen-bond acceptors (Lipinski definition) is 8. The summed E-state index contributed by atoms with van der Waals surface area (Å²) >= 11 is 0. The number of anilines is 1. The Morgan fingerprint density at radius 3 is 2.68 bits per heavy atom. The van der Waals surface area contributed by atoms with E-state index in [1.54, 1.807) is 0 Å². The minimum absolute atomic E-state index is 0.00893. The number of piperidine rings is 1. The first-order valence-electron chi connectivity index (χ1n) is 10.2. The standard InChI is InChI=1S/C20H27N5O3/c1-2-27-20(26)15-7-11-24(12-8-15)14-18-22-19(23-28-18)16-5-6-17(21-13-16)25-9-3-4-10-25/h5-6,13,15H,2-4,7-12,14H2,1H3. The van der Waals surface area contributed by atoms with Gasteiger partial charge in [-0.05, 0) is 57.8 Å². The van der Waals surface area contributed by atoms with Crippen molar-refractivity contribution in [2.24, 2.45) is 5.92 Å². The van der Waals surface area contributed by atoms with Gasteiger partial charge in [0.25, 0.3) is 0 Å². The van der Waals surface area contributed by atoms with Crippen molar-refractivity contribution in [2.45, 2.75) is 39.2 Å². The molecule has 28 heavy (non-hydrogen) atoms. The lowest BCUT2D eigenvalue weighted by atomic mass is 9.97. The van der Waals surface area contributed by atoms with Gasteiger partial charge in [-0.15, -0.1) is 0 Å². The smallest absolute Gasteiger partial charge is 0.309 e. The van der Waals surface area contributed by atoms with Crippen LogP contribution in [0.1, 0.15) is 38.5 Å². The summed E-state index contributed by atoms with van der Waals surface area (Å²) in [4.78, 5) is 25.4. The Balaban J connectivity index is 1.32. The normalized spacial score (nSPS) is 18.5. The number of aromatic nitrogens is 3. The molecule has 0 amide bonds. The van der Waals surface area contributed by atoms with Crippen LogP contribution in [0.4, 0.5) is 5.82 Å². The average molecular weight is 385 g/mol. The Hall–Kier alpha value is -2.48. The quantitative estimate of drug-likeness (QED) is 0.701. The molecule has 0 N–H and O–H groups in total. The van der Waals surface area contributed by atoms with Crippen molar-refractivity contribution < 1.29 is 14.1 Å². The van der Waals surface area contributed by atoms with Crippen LogP contribution in [0, 0.1) is 5.92 Å². The summed E-state index contributed by atoms with van der Waals surface area (Å²) < 4.78 is 10.6. The fraction of sp³-hybridized carbons (Fsp3) is 0.600. The van der Waals surface area contributed by atoms with E-state index in [0.717, 1.165) is 50.4 Å². The molecule has 0 aromatic carbocycles. The number of carbonyl (C=O) groups is 1. The van der Waals surface area contributed by atoms with Crippen LogP contribution in [-0.4, -0.2) is 58.8 Å². The van der Waals surface area contributed by atoms with Crippen molar-refractivity contribution in [3.8, 4) is 11.4 Å². The highest BCUT2D eigenvalue weighted by atomic mass is 16.5. The fourth-order valence-corrected chi connectivity index (χ4v) is 3.87. The highest BCUT2D eigenvalue weighted by molar-refractivity contribution is 5.72. The van der Waals surface area contributed by atoms with Gasteiger partial charge in [0.15, 0.2) is 0 Å². The summed E-state index contributed by atoms with van der Waals surface area (Å²) in [5.41, 5.74) is 0.860. The molecule has 150 valence electrons. The summed E-state index contributed by atoms with van der Waals surface area (Å²) in [6.45, 7) is 6.69. The van der Waals surface area contributed by atoms with Crippen LogP contribution in [0.5, 0.6) is 0 Å². The maximum absolute atomic E-state index is 11.8. The van der Waals surface area contributed by atoms with Crippen molar-refractivity contribution in [3.63, 3.8) is 0 Å². The second-order valence-corrected chi connectivity index (χ2v) is 7.41. The Labute approximate surface area is 164 Å². The number of ether oxygens (including phenoxy) is 1. The van der Waals surface area contributed by atoms with Crippen LogP contribution in [0.25, 0.3) is 11.4 Å². The monoisotopic (exact) mass is 385 g/mol. The van der Waals surface area contributed by atoms with E-state index in [-0.39, 0.29) is 11.9 Å². The van der Waals surface area contributed by atoms with E-state index >= 15 is 0 Å². The van der Waals surface area contributed by atoms with E-state index in [1.807, 2.05) is 25.3 Å². The van der Waals surface area contributed by atoms with Crippen molar-refractivity contribution in [1.82, 2.24) is 20.0 Å². The molecule has 8 heteroatoms. The van der Waals surface area contributed by atoms with Gasteiger partial charge in [0, 0.05) is 24.8 Å². The summed E-state index contributed by atoms with van der Waals surface area (Å²) in [7, 11) is 0. The first kappa shape index (κ1) is 18.9. The van der Waals surface area contributed by atoms with Gasteiger partial charge in [0.1, 0.15) is 5.82 Å². The predicted octanol–water partition coefficient (Wildman–Crippen LogP) is 2.51. The Morgan fingerprint density at radius 1 is 1.21 bits per heavy atom. The second kappa shape index (κ2) is 8.68. The minimum Gasteiger partial charge on any atom is -0.466 e. The van der Waals surface area contributed by atoms with E-state index in [2.05, 4.69) is 24.9 Å². The number of pyridine rings is 1. The predicted molar refractivity (Wildman–Crippen MR) is 104 cm³/mol. The van der Waals surface area contributed by atoms with Crippen molar-refractivity contribution in [2.75, 3.05) is 37.7 Å². The molecule has 0 unspecified atom stereocenters. The molecule has 0 radical (unpaired) electrons. The minimum atomic E-state index is -0.0768. The molecular weight excluding hydrogens is 358 g/mol. The van der Waals surface area contributed by atoms with Crippen LogP contribution in [0.15, 0.2) is 22.9 Å². The molecule has 2 aromatic rings. The molecule has 4 heterocycles. The third kappa shape index (κ3) is 4.32. The van der Waals surface area contributed by atoms with Crippen molar-refractivity contribution >= 4 is 11.8 Å². The average Bonchev–Trinajstić information content (AvgIpc) is 3.41. The molecule has 2 aromatic heterocycles. The Bertz CT molecular complexity index is 777.